The molecule has 3 N–H and O–H groups in total. The molecular formula is C11H14N2O2. The van der Waals surface area contributed by atoms with Crippen LogP contribution < -0.4 is 5.73 Å². The first-order valence-electron chi connectivity index (χ1n) is 4.96. The van der Waals surface area contributed by atoms with E-state index in [1.807, 2.05) is 25.1 Å². The molecule has 80 valence electrons. The summed E-state index contributed by atoms with van der Waals surface area (Å²) in [5.41, 5.74) is 7.90. The van der Waals surface area contributed by atoms with Crippen LogP contribution in [0.25, 0.3) is 11.1 Å². The predicted molar refractivity (Wildman–Crippen MR) is 57.4 cm³/mol. The molecule has 1 aromatic carbocycles. The fourth-order valence-corrected chi connectivity index (χ4v) is 1.53. The van der Waals surface area contributed by atoms with E-state index in [0.717, 1.165) is 16.7 Å². The lowest BCUT2D eigenvalue weighted by Gasteiger charge is -2.02. The third kappa shape index (κ3) is 1.86. The van der Waals surface area contributed by atoms with Crippen LogP contribution in [0.4, 0.5) is 0 Å². The van der Waals surface area contributed by atoms with Crippen LogP contribution in [-0.4, -0.2) is 16.6 Å². The fourth-order valence-electron chi connectivity index (χ4n) is 1.53. The molecule has 0 saturated carbocycles. The van der Waals surface area contributed by atoms with Gasteiger partial charge in [-0.25, -0.2) is 4.98 Å². The number of fused-ring (bicyclic) bond motifs is 1. The third-order valence-electron chi connectivity index (χ3n) is 2.35. The Labute approximate surface area is 87.7 Å². The summed E-state index contributed by atoms with van der Waals surface area (Å²) in [7, 11) is 0. The highest BCUT2D eigenvalue weighted by molar-refractivity contribution is 5.76. The highest BCUT2D eigenvalue weighted by Gasteiger charge is 2.14. The summed E-state index contributed by atoms with van der Waals surface area (Å²) in [4.78, 5) is 4.22. The van der Waals surface area contributed by atoms with E-state index < -0.39 is 6.10 Å². The second kappa shape index (κ2) is 4.00. The minimum absolute atomic E-state index is 0.352. The van der Waals surface area contributed by atoms with Gasteiger partial charge in [0.15, 0.2) is 5.58 Å². The van der Waals surface area contributed by atoms with E-state index in [9.17, 15) is 5.11 Å². The highest BCUT2D eigenvalue weighted by atomic mass is 16.4. The van der Waals surface area contributed by atoms with E-state index in [1.165, 1.54) is 0 Å². The molecule has 1 aromatic heterocycles. The second-order valence-electron chi connectivity index (χ2n) is 3.57. The summed E-state index contributed by atoms with van der Waals surface area (Å²) in [5.74, 6) is 0.352. The molecule has 4 nitrogen and oxygen atoms in total. The lowest BCUT2D eigenvalue weighted by molar-refractivity contribution is 0.139. The SMILES string of the molecule is Cc1cccc2nc(C(O)CCN)oc12. The molecule has 0 bridgehead atoms. The number of nitrogens with zero attached hydrogens (tertiary/aromatic N) is 1. The molecule has 0 aliphatic heterocycles. The summed E-state index contributed by atoms with van der Waals surface area (Å²) in [6.45, 7) is 2.37. The Bertz CT molecular complexity index is 465. The molecule has 2 aromatic rings. The summed E-state index contributed by atoms with van der Waals surface area (Å²) >= 11 is 0. The van der Waals surface area contributed by atoms with Gasteiger partial charge in [-0.3, -0.25) is 0 Å². The molecule has 0 amide bonds. The maximum Gasteiger partial charge on any atom is 0.224 e. The van der Waals surface area contributed by atoms with Crippen LogP contribution in [0.15, 0.2) is 22.6 Å². The lowest BCUT2D eigenvalue weighted by atomic mass is 10.2. The third-order valence-corrected chi connectivity index (χ3v) is 2.35. The Morgan fingerprint density at radius 2 is 2.33 bits per heavy atom. The monoisotopic (exact) mass is 206 g/mol. The summed E-state index contributed by atoms with van der Waals surface area (Å²) < 4.78 is 5.50. The first kappa shape index (κ1) is 10.1. The molecule has 1 atom stereocenters. The molecule has 0 aliphatic carbocycles. The van der Waals surface area contributed by atoms with Crippen LogP contribution >= 0.6 is 0 Å². The normalized spacial score (nSPS) is 13.3. The lowest BCUT2D eigenvalue weighted by Crippen LogP contribution is -2.06. The van der Waals surface area contributed by atoms with Gasteiger partial charge >= 0.3 is 0 Å². The van der Waals surface area contributed by atoms with E-state index in [2.05, 4.69) is 4.98 Å². The number of aromatic nitrogens is 1. The van der Waals surface area contributed by atoms with Crippen molar-refractivity contribution in [2.24, 2.45) is 5.73 Å². The van der Waals surface area contributed by atoms with Crippen molar-refractivity contribution in [3.8, 4) is 0 Å². The molecule has 0 radical (unpaired) electrons. The van der Waals surface area contributed by atoms with Crippen LogP contribution in [0.1, 0.15) is 24.0 Å². The van der Waals surface area contributed by atoms with Crippen molar-refractivity contribution in [3.63, 3.8) is 0 Å². The minimum atomic E-state index is -0.707. The first-order chi connectivity index (χ1) is 7.22. The fraction of sp³-hybridized carbons (Fsp3) is 0.364. The number of aryl methyl sites for hydroxylation is 1. The average molecular weight is 206 g/mol. The number of hydrogen-bond donors (Lipinski definition) is 2. The van der Waals surface area contributed by atoms with Crippen molar-refractivity contribution in [3.05, 3.63) is 29.7 Å². The van der Waals surface area contributed by atoms with Crippen LogP contribution in [0.2, 0.25) is 0 Å². The van der Waals surface area contributed by atoms with E-state index >= 15 is 0 Å². The van der Waals surface area contributed by atoms with Crippen LogP contribution in [0.5, 0.6) is 0 Å². The van der Waals surface area contributed by atoms with Crippen molar-refractivity contribution in [2.75, 3.05) is 6.54 Å². The van der Waals surface area contributed by atoms with Gasteiger partial charge in [-0.05, 0) is 31.5 Å². The molecule has 0 saturated heterocycles. The topological polar surface area (TPSA) is 72.3 Å². The zero-order valence-corrected chi connectivity index (χ0v) is 8.60. The summed E-state index contributed by atoms with van der Waals surface area (Å²) in [5, 5.41) is 9.68. The number of para-hydroxylation sites is 1. The largest absolute Gasteiger partial charge is 0.438 e. The summed E-state index contributed by atoms with van der Waals surface area (Å²) in [6, 6.07) is 5.73. The van der Waals surface area contributed by atoms with Crippen molar-refractivity contribution in [1.82, 2.24) is 4.98 Å². The van der Waals surface area contributed by atoms with E-state index in [-0.39, 0.29) is 0 Å². The molecule has 4 heteroatoms. The van der Waals surface area contributed by atoms with E-state index in [4.69, 9.17) is 10.2 Å². The number of aliphatic hydroxyl groups excluding tert-OH is 1. The average Bonchev–Trinajstić information content (AvgIpc) is 2.63. The van der Waals surface area contributed by atoms with Gasteiger partial charge in [-0.2, -0.15) is 0 Å². The molecule has 1 heterocycles. The van der Waals surface area contributed by atoms with Crippen molar-refractivity contribution in [1.29, 1.82) is 0 Å². The number of nitrogens with two attached hydrogens (primary N) is 1. The molecule has 1 unspecified atom stereocenters. The zero-order valence-electron chi connectivity index (χ0n) is 8.60. The molecule has 0 fully saturated rings. The van der Waals surface area contributed by atoms with E-state index in [0.29, 0.717) is 18.9 Å². The maximum atomic E-state index is 9.68. The number of rotatable bonds is 3. The standard InChI is InChI=1S/C11H14N2O2/c1-7-3-2-4-8-10(7)15-11(13-8)9(14)5-6-12/h2-4,9,14H,5-6,12H2,1H3. The maximum absolute atomic E-state index is 9.68. The minimum Gasteiger partial charge on any atom is -0.438 e. The Hall–Kier alpha value is -1.39. The predicted octanol–water partition coefficient (Wildman–Crippen LogP) is 1.52. The zero-order chi connectivity index (χ0) is 10.8. The molecule has 0 aliphatic rings. The van der Waals surface area contributed by atoms with Crippen molar-refractivity contribution < 1.29 is 9.52 Å². The van der Waals surface area contributed by atoms with Crippen molar-refractivity contribution >= 4 is 11.1 Å². The van der Waals surface area contributed by atoms with Gasteiger partial charge in [0.2, 0.25) is 5.89 Å². The first-order valence-corrected chi connectivity index (χ1v) is 4.96. The number of oxazole rings is 1. The van der Waals surface area contributed by atoms with Gasteiger partial charge in [-0.1, -0.05) is 12.1 Å². The van der Waals surface area contributed by atoms with Gasteiger partial charge in [0.25, 0.3) is 0 Å². The van der Waals surface area contributed by atoms with Crippen LogP contribution in [0, 0.1) is 6.92 Å². The smallest absolute Gasteiger partial charge is 0.224 e. The number of aliphatic hydroxyl groups is 1. The van der Waals surface area contributed by atoms with Crippen molar-refractivity contribution in [2.45, 2.75) is 19.4 Å². The quantitative estimate of drug-likeness (QED) is 0.798. The Morgan fingerprint density at radius 1 is 1.53 bits per heavy atom. The summed E-state index contributed by atoms with van der Waals surface area (Å²) in [6.07, 6.45) is -0.243. The van der Waals surface area contributed by atoms with Gasteiger partial charge in [0.05, 0.1) is 0 Å². The number of hydrogen-bond acceptors (Lipinski definition) is 4. The molecule has 15 heavy (non-hydrogen) atoms. The highest BCUT2D eigenvalue weighted by Crippen LogP contribution is 2.23. The van der Waals surface area contributed by atoms with E-state index in [1.54, 1.807) is 0 Å². The van der Waals surface area contributed by atoms with Gasteiger partial charge in [-0.15, -0.1) is 0 Å². The van der Waals surface area contributed by atoms with Gasteiger partial charge in [0.1, 0.15) is 11.6 Å². The molecule has 2 rings (SSSR count). The Balaban J connectivity index is 2.43. The van der Waals surface area contributed by atoms with Crippen LogP contribution in [0.3, 0.4) is 0 Å². The Kier molecular flexibility index (Phi) is 2.70. The van der Waals surface area contributed by atoms with Crippen LogP contribution in [-0.2, 0) is 0 Å². The molecular weight excluding hydrogens is 192 g/mol. The number of benzene rings is 1. The molecule has 0 spiro atoms. The Morgan fingerprint density at radius 3 is 3.00 bits per heavy atom. The second-order valence-corrected chi connectivity index (χ2v) is 3.57. The van der Waals surface area contributed by atoms with Gasteiger partial charge in [0, 0.05) is 0 Å². The van der Waals surface area contributed by atoms with Gasteiger partial charge < -0.3 is 15.3 Å².